The topological polar surface area (TPSA) is 139 Å². The Kier molecular flexibility index (Phi) is 3.86. The minimum Gasteiger partial charge on any atom is -0.480 e. The molecule has 0 radical (unpaired) electrons. The number of aromatic nitrogens is 1. The first-order chi connectivity index (χ1) is 12.9. The zero-order valence-corrected chi connectivity index (χ0v) is 14.4. The maximum Gasteiger partial charge on any atom is 0.418 e. The van der Waals surface area contributed by atoms with Crippen LogP contribution in [-0.2, 0) is 10.2 Å². The lowest BCUT2D eigenvalue weighted by atomic mass is 9.72. The van der Waals surface area contributed by atoms with E-state index in [0.29, 0.717) is 10.1 Å². The third-order valence-electron chi connectivity index (χ3n) is 4.61. The first-order valence-electron chi connectivity index (χ1n) is 7.67. The number of nitrogens with two attached hydrogens (primary N) is 1. The number of halogens is 3. The number of benzene rings is 1. The van der Waals surface area contributed by atoms with Gasteiger partial charge in [0.1, 0.15) is 11.6 Å². The molecule has 1 aromatic heterocycles. The first-order valence-corrected chi connectivity index (χ1v) is 7.67. The van der Waals surface area contributed by atoms with Gasteiger partial charge in [0, 0.05) is 5.39 Å². The second-order valence-electron chi connectivity index (χ2n) is 6.28. The Balaban J connectivity index is 2.72. The average molecular weight is 395 g/mol. The summed E-state index contributed by atoms with van der Waals surface area (Å²) >= 11 is 0. The van der Waals surface area contributed by atoms with Crippen LogP contribution in [0.5, 0.6) is 5.88 Å². The van der Waals surface area contributed by atoms with Crippen molar-refractivity contribution in [1.82, 2.24) is 4.57 Å². The Labute approximate surface area is 154 Å². The van der Waals surface area contributed by atoms with E-state index >= 15 is 0 Å². The number of alkyl halides is 3. The summed E-state index contributed by atoms with van der Waals surface area (Å²) < 4.78 is 48.2. The van der Waals surface area contributed by atoms with Crippen LogP contribution < -0.4 is 10.5 Å². The zero-order valence-electron chi connectivity index (χ0n) is 14.4. The fraction of sp³-hybridized carbons (Fsp3) is 0.235. The van der Waals surface area contributed by atoms with Crippen LogP contribution >= 0.6 is 0 Å². The lowest BCUT2D eigenvalue weighted by molar-refractivity contribution is -0.197. The molecule has 0 unspecified atom stereocenters. The predicted octanol–water partition coefficient (Wildman–Crippen LogP) is 2.76. The molecule has 0 saturated carbocycles. The number of aliphatic carboxylic acids is 1. The Morgan fingerprint density at radius 2 is 1.89 bits per heavy atom. The van der Waals surface area contributed by atoms with Gasteiger partial charge in [0.25, 0.3) is 0 Å². The number of aryl methyl sites for hydroxylation is 2. The maximum atomic E-state index is 14.2. The smallest absolute Gasteiger partial charge is 0.418 e. The molecule has 1 aliphatic heterocycles. The highest BCUT2D eigenvalue weighted by Crippen LogP contribution is 2.56. The molecule has 1 aromatic carbocycles. The third kappa shape index (κ3) is 2.11. The number of rotatable bonds is 1. The van der Waals surface area contributed by atoms with Gasteiger partial charge in [0.2, 0.25) is 17.2 Å². The number of ether oxygens (including phenoxy) is 1. The number of carboxylic acids is 1. The highest BCUT2D eigenvalue weighted by Gasteiger charge is 2.70. The van der Waals surface area contributed by atoms with Crippen molar-refractivity contribution in [2.45, 2.75) is 25.4 Å². The normalized spacial score (nSPS) is 19.1. The van der Waals surface area contributed by atoms with Crippen molar-refractivity contribution in [2.24, 2.45) is 5.73 Å². The monoisotopic (exact) mass is 395 g/mol. The Morgan fingerprint density at radius 1 is 1.29 bits per heavy atom. The van der Waals surface area contributed by atoms with Crippen LogP contribution in [0.1, 0.15) is 16.7 Å². The van der Waals surface area contributed by atoms with E-state index < -0.39 is 46.6 Å². The van der Waals surface area contributed by atoms with Crippen LogP contribution in [0.4, 0.5) is 18.0 Å². The van der Waals surface area contributed by atoms with Crippen molar-refractivity contribution < 1.29 is 37.7 Å². The van der Waals surface area contributed by atoms with Crippen molar-refractivity contribution in [3.05, 3.63) is 40.3 Å². The predicted molar refractivity (Wildman–Crippen MR) is 87.7 cm³/mol. The van der Waals surface area contributed by atoms with Crippen LogP contribution in [0, 0.1) is 25.2 Å². The average Bonchev–Trinajstić information content (AvgIpc) is 2.86. The first kappa shape index (κ1) is 19.1. The number of fused-ring (bicyclic) bond motifs is 3. The van der Waals surface area contributed by atoms with E-state index in [0.717, 1.165) is 0 Å². The van der Waals surface area contributed by atoms with Gasteiger partial charge in [-0.15, -0.1) is 0 Å². The molecule has 0 saturated heterocycles. The highest BCUT2D eigenvalue weighted by atomic mass is 19.4. The Morgan fingerprint density at radius 3 is 2.36 bits per heavy atom. The summed E-state index contributed by atoms with van der Waals surface area (Å²) in [6.45, 7) is 3.00. The molecule has 146 valence electrons. The molecule has 1 atom stereocenters. The van der Waals surface area contributed by atoms with E-state index in [2.05, 4.69) is 0 Å². The van der Waals surface area contributed by atoms with E-state index in [1.165, 1.54) is 25.1 Å². The van der Waals surface area contributed by atoms with Crippen LogP contribution in [0.25, 0.3) is 10.9 Å². The van der Waals surface area contributed by atoms with Crippen LogP contribution in [-0.4, -0.2) is 33.0 Å². The molecule has 8 nitrogen and oxygen atoms in total. The zero-order chi connectivity index (χ0) is 21.2. The molecule has 0 spiro atoms. The van der Waals surface area contributed by atoms with Gasteiger partial charge in [-0.05, 0) is 25.5 Å². The molecule has 2 heterocycles. The van der Waals surface area contributed by atoms with Gasteiger partial charge in [-0.1, -0.05) is 11.6 Å². The van der Waals surface area contributed by atoms with Crippen LogP contribution in [0.2, 0.25) is 0 Å². The van der Waals surface area contributed by atoms with Crippen molar-refractivity contribution in [2.75, 3.05) is 0 Å². The summed E-state index contributed by atoms with van der Waals surface area (Å²) in [5.41, 5.74) is -0.282. The Hall–Kier alpha value is -3.68. The second kappa shape index (κ2) is 5.66. The molecule has 2 aromatic rings. The number of carboxylic acid groups (broad SMARTS) is 2. The van der Waals surface area contributed by atoms with Crippen molar-refractivity contribution in [3.8, 4) is 11.9 Å². The number of hydrogen-bond acceptors (Lipinski definition) is 5. The van der Waals surface area contributed by atoms with E-state index in [9.17, 15) is 38.2 Å². The number of nitrogens with zero attached hydrogens (tertiary/aromatic N) is 2. The van der Waals surface area contributed by atoms with Gasteiger partial charge in [-0.25, -0.2) is 9.36 Å². The van der Waals surface area contributed by atoms with Gasteiger partial charge in [-0.2, -0.15) is 18.4 Å². The number of carbonyl (C=O) groups is 2. The van der Waals surface area contributed by atoms with Crippen molar-refractivity contribution >= 4 is 23.0 Å². The summed E-state index contributed by atoms with van der Waals surface area (Å²) in [5.74, 6) is -4.46. The maximum absolute atomic E-state index is 14.2. The van der Waals surface area contributed by atoms with E-state index in [1.807, 2.05) is 0 Å². The minimum atomic E-state index is -5.53. The summed E-state index contributed by atoms with van der Waals surface area (Å²) in [6, 6.07) is 3.91. The van der Waals surface area contributed by atoms with E-state index in [1.54, 1.807) is 6.92 Å². The summed E-state index contributed by atoms with van der Waals surface area (Å²) in [4.78, 5) is 23.8. The standard InChI is InChI=1S/C17H12F3N3O5/c1-6-3-7(2)11-8(4-6)10-13(23(11)15(26)27)28-12(22)9(5-21)16(10,14(24)25)17(18,19)20/h3-4H,22H2,1-2H3,(H,24,25)(H,26,27)/t16-/m1/s1. The molecule has 28 heavy (non-hydrogen) atoms. The Bertz CT molecular complexity index is 1140. The largest absolute Gasteiger partial charge is 0.480 e. The van der Waals surface area contributed by atoms with Crippen molar-refractivity contribution in [3.63, 3.8) is 0 Å². The molecule has 1 aliphatic rings. The van der Waals surface area contributed by atoms with E-state index in [-0.39, 0.29) is 16.5 Å². The number of hydrogen-bond donors (Lipinski definition) is 3. The highest BCUT2D eigenvalue weighted by molar-refractivity contribution is 6.04. The minimum absolute atomic E-state index is 0.190. The van der Waals surface area contributed by atoms with Crippen LogP contribution in [0.3, 0.4) is 0 Å². The lowest BCUT2D eigenvalue weighted by Gasteiger charge is -2.35. The third-order valence-corrected chi connectivity index (χ3v) is 4.61. The quantitative estimate of drug-likeness (QED) is 0.675. The molecular weight excluding hydrogens is 383 g/mol. The molecular formula is C17H12F3N3O5. The van der Waals surface area contributed by atoms with Gasteiger partial charge >= 0.3 is 18.2 Å². The molecule has 0 fully saturated rings. The summed E-state index contributed by atoms with van der Waals surface area (Å²) in [6.07, 6.45) is -7.23. The fourth-order valence-corrected chi connectivity index (χ4v) is 3.64. The molecule has 3 rings (SSSR count). The summed E-state index contributed by atoms with van der Waals surface area (Å²) in [7, 11) is 0. The van der Waals surface area contributed by atoms with Gasteiger partial charge in [-0.3, -0.25) is 4.79 Å². The molecule has 0 aliphatic carbocycles. The second-order valence-corrected chi connectivity index (χ2v) is 6.28. The lowest BCUT2D eigenvalue weighted by Crippen LogP contribution is -2.53. The fourth-order valence-electron chi connectivity index (χ4n) is 3.64. The number of nitriles is 1. The van der Waals surface area contributed by atoms with Gasteiger partial charge in [0.05, 0.1) is 11.1 Å². The van der Waals surface area contributed by atoms with Crippen molar-refractivity contribution in [1.29, 1.82) is 5.26 Å². The molecule has 11 heteroatoms. The molecule has 4 N–H and O–H groups in total. The van der Waals surface area contributed by atoms with Gasteiger partial charge in [0.15, 0.2) is 0 Å². The summed E-state index contributed by atoms with van der Waals surface area (Å²) in [5, 5.41) is 28.2. The van der Waals surface area contributed by atoms with Gasteiger partial charge < -0.3 is 20.7 Å². The van der Waals surface area contributed by atoms with E-state index in [4.69, 9.17) is 10.5 Å². The molecule has 0 bridgehead atoms. The SMILES string of the molecule is Cc1cc(C)c2c(c1)c1c(n2C(=O)O)OC(N)=C(C#N)[C@@]1(C(=O)O)C(F)(F)F. The molecule has 0 amide bonds. The van der Waals surface area contributed by atoms with Crippen LogP contribution in [0.15, 0.2) is 23.6 Å².